The number of rotatable bonds is 3. The van der Waals surface area contributed by atoms with Crippen molar-refractivity contribution in [2.24, 2.45) is 13.0 Å². The van der Waals surface area contributed by atoms with Crippen molar-refractivity contribution >= 4 is 23.0 Å². The average molecular weight is 313 g/mol. The van der Waals surface area contributed by atoms with Crippen molar-refractivity contribution < 1.29 is 4.79 Å². The van der Waals surface area contributed by atoms with E-state index in [0.717, 1.165) is 55.9 Å². The maximum absolute atomic E-state index is 12.2. The zero-order valence-electron chi connectivity index (χ0n) is 13.5. The number of amides is 1. The van der Waals surface area contributed by atoms with Crippen LogP contribution in [0.3, 0.4) is 0 Å². The van der Waals surface area contributed by atoms with Gasteiger partial charge in [-0.25, -0.2) is 9.97 Å². The highest BCUT2D eigenvalue weighted by atomic mass is 16.2. The number of nitrogens with zero attached hydrogens (tertiary/aromatic N) is 4. The van der Waals surface area contributed by atoms with Crippen molar-refractivity contribution in [1.29, 1.82) is 0 Å². The Bertz CT molecular complexity index is 721. The number of carbonyl (C=O) groups excluding carboxylic acids is 1. The number of fused-ring (bicyclic) bond motifs is 1. The summed E-state index contributed by atoms with van der Waals surface area (Å²) in [7, 11) is 2.01. The first-order chi connectivity index (χ1) is 11.2. The highest BCUT2D eigenvalue weighted by molar-refractivity contribution is 5.80. The Morgan fingerprint density at radius 2 is 2.17 bits per heavy atom. The van der Waals surface area contributed by atoms with Crippen LogP contribution in [-0.2, 0) is 11.8 Å². The third kappa shape index (κ3) is 2.66. The Labute approximate surface area is 135 Å². The van der Waals surface area contributed by atoms with Crippen LogP contribution in [0.4, 0.5) is 5.95 Å². The van der Waals surface area contributed by atoms with Crippen LogP contribution in [0, 0.1) is 5.92 Å². The molecule has 23 heavy (non-hydrogen) atoms. The van der Waals surface area contributed by atoms with Gasteiger partial charge in [0.25, 0.3) is 0 Å². The second-order valence-corrected chi connectivity index (χ2v) is 6.74. The fraction of sp³-hybridized carbons (Fsp3) is 0.588. The smallest absolute Gasteiger partial charge is 0.223 e. The van der Waals surface area contributed by atoms with Gasteiger partial charge in [-0.15, -0.1) is 0 Å². The molecule has 6 nitrogen and oxygen atoms in total. The van der Waals surface area contributed by atoms with Crippen LogP contribution in [0.2, 0.25) is 0 Å². The molecule has 0 aromatic carbocycles. The van der Waals surface area contributed by atoms with E-state index in [0.29, 0.717) is 0 Å². The molecule has 1 aliphatic heterocycles. The molecule has 2 fully saturated rings. The van der Waals surface area contributed by atoms with E-state index < -0.39 is 0 Å². The molecule has 0 bridgehead atoms. The molecule has 0 spiro atoms. The quantitative estimate of drug-likeness (QED) is 0.939. The van der Waals surface area contributed by atoms with E-state index in [2.05, 4.69) is 15.2 Å². The predicted molar refractivity (Wildman–Crippen MR) is 89.2 cm³/mol. The maximum Gasteiger partial charge on any atom is 0.223 e. The van der Waals surface area contributed by atoms with E-state index in [4.69, 9.17) is 4.98 Å². The number of hydrogen-bond donors (Lipinski definition) is 1. The Kier molecular flexibility index (Phi) is 3.67. The number of carbonyl (C=O) groups is 1. The fourth-order valence-electron chi connectivity index (χ4n) is 3.56. The van der Waals surface area contributed by atoms with Gasteiger partial charge < -0.3 is 10.2 Å². The van der Waals surface area contributed by atoms with Gasteiger partial charge in [0.05, 0.1) is 0 Å². The summed E-state index contributed by atoms with van der Waals surface area (Å²) in [6.07, 6.45) is 7.23. The van der Waals surface area contributed by atoms with Crippen LogP contribution in [0.25, 0.3) is 11.2 Å². The topological polar surface area (TPSA) is 63.0 Å². The van der Waals surface area contributed by atoms with E-state index in [1.165, 1.54) is 6.42 Å². The van der Waals surface area contributed by atoms with Gasteiger partial charge in [-0.1, -0.05) is 6.42 Å². The van der Waals surface area contributed by atoms with Crippen molar-refractivity contribution in [2.75, 3.05) is 18.0 Å². The van der Waals surface area contributed by atoms with Gasteiger partial charge in [0, 0.05) is 38.3 Å². The third-order valence-electron chi connectivity index (χ3n) is 5.13. The molecular formula is C17H23N5O. The van der Waals surface area contributed by atoms with Crippen LogP contribution >= 0.6 is 0 Å². The molecule has 0 radical (unpaired) electrons. The summed E-state index contributed by atoms with van der Waals surface area (Å²) in [6.45, 7) is 1.81. The Morgan fingerprint density at radius 3 is 2.91 bits per heavy atom. The molecule has 1 aliphatic carbocycles. The summed E-state index contributed by atoms with van der Waals surface area (Å²) >= 11 is 0. The number of piperidine rings is 1. The number of nitrogens with one attached hydrogen (secondary N) is 1. The van der Waals surface area contributed by atoms with Gasteiger partial charge in [-0.05, 0) is 37.8 Å². The summed E-state index contributed by atoms with van der Waals surface area (Å²) in [5.41, 5.74) is 1.83. The number of hydrogen-bond acceptors (Lipinski definition) is 4. The number of pyridine rings is 1. The SMILES string of the molecule is Cn1c(N2CCCC(NC(=O)C3CCC3)C2)nc2cccnc21. The molecule has 2 aromatic heterocycles. The molecule has 4 rings (SSSR count). The Morgan fingerprint density at radius 1 is 1.30 bits per heavy atom. The van der Waals surface area contributed by atoms with Crippen LogP contribution in [0.5, 0.6) is 0 Å². The van der Waals surface area contributed by atoms with E-state index in [-0.39, 0.29) is 17.9 Å². The van der Waals surface area contributed by atoms with E-state index >= 15 is 0 Å². The molecule has 3 heterocycles. The first-order valence-corrected chi connectivity index (χ1v) is 8.55. The normalized spacial score (nSPS) is 22.1. The standard InChI is InChI=1S/C17H23N5O/c1-21-15-14(8-3-9-18-15)20-17(21)22-10-4-7-13(11-22)19-16(23)12-5-2-6-12/h3,8-9,12-13H,2,4-7,10-11H2,1H3,(H,19,23). The van der Waals surface area contributed by atoms with Gasteiger partial charge in [0.1, 0.15) is 5.52 Å². The maximum atomic E-state index is 12.2. The van der Waals surface area contributed by atoms with Gasteiger partial charge in [0.2, 0.25) is 11.9 Å². The summed E-state index contributed by atoms with van der Waals surface area (Å²) in [4.78, 5) is 23.6. The van der Waals surface area contributed by atoms with Gasteiger partial charge in [0.15, 0.2) is 5.65 Å². The fourth-order valence-corrected chi connectivity index (χ4v) is 3.56. The lowest BCUT2D eigenvalue weighted by Gasteiger charge is -2.35. The molecule has 1 unspecified atom stereocenters. The number of anilines is 1. The minimum atomic E-state index is 0.227. The lowest BCUT2D eigenvalue weighted by atomic mass is 9.84. The summed E-state index contributed by atoms with van der Waals surface area (Å²) in [6, 6.07) is 4.13. The van der Waals surface area contributed by atoms with Crippen molar-refractivity contribution in [2.45, 2.75) is 38.1 Å². The largest absolute Gasteiger partial charge is 0.351 e. The Hall–Kier alpha value is -2.11. The molecule has 6 heteroatoms. The second-order valence-electron chi connectivity index (χ2n) is 6.74. The van der Waals surface area contributed by atoms with E-state index in [1.54, 1.807) is 6.20 Å². The second kappa shape index (κ2) is 5.83. The first-order valence-electron chi connectivity index (χ1n) is 8.55. The highest BCUT2D eigenvalue weighted by Crippen LogP contribution is 2.27. The van der Waals surface area contributed by atoms with Crippen molar-refractivity contribution in [3.63, 3.8) is 0 Å². The summed E-state index contributed by atoms with van der Waals surface area (Å²) < 4.78 is 2.05. The molecule has 1 N–H and O–H groups in total. The number of imidazole rings is 1. The van der Waals surface area contributed by atoms with Crippen LogP contribution in [0.15, 0.2) is 18.3 Å². The molecule has 1 amide bonds. The van der Waals surface area contributed by atoms with E-state index in [9.17, 15) is 4.79 Å². The molecule has 1 saturated heterocycles. The van der Waals surface area contributed by atoms with Crippen molar-refractivity contribution in [3.8, 4) is 0 Å². The first kappa shape index (κ1) is 14.5. The minimum Gasteiger partial charge on any atom is -0.351 e. The number of aryl methyl sites for hydroxylation is 1. The van der Waals surface area contributed by atoms with Crippen molar-refractivity contribution in [1.82, 2.24) is 19.9 Å². The zero-order chi connectivity index (χ0) is 15.8. The van der Waals surface area contributed by atoms with Crippen molar-refractivity contribution in [3.05, 3.63) is 18.3 Å². The summed E-state index contributed by atoms with van der Waals surface area (Å²) in [5, 5.41) is 3.24. The van der Waals surface area contributed by atoms with Crippen LogP contribution in [0.1, 0.15) is 32.1 Å². The van der Waals surface area contributed by atoms with Crippen LogP contribution < -0.4 is 10.2 Å². The lowest BCUT2D eigenvalue weighted by Crippen LogP contribution is -2.50. The number of aromatic nitrogens is 3. The van der Waals surface area contributed by atoms with Crippen LogP contribution in [-0.4, -0.2) is 39.6 Å². The Balaban J connectivity index is 1.49. The summed E-state index contributed by atoms with van der Waals surface area (Å²) in [5.74, 6) is 1.45. The van der Waals surface area contributed by atoms with Gasteiger partial charge in [-0.2, -0.15) is 0 Å². The molecule has 1 saturated carbocycles. The van der Waals surface area contributed by atoms with Gasteiger partial charge in [-0.3, -0.25) is 9.36 Å². The van der Waals surface area contributed by atoms with E-state index in [1.807, 2.05) is 23.7 Å². The molecular weight excluding hydrogens is 290 g/mol. The predicted octanol–water partition coefficient (Wildman–Crippen LogP) is 1.85. The molecule has 1 atom stereocenters. The lowest BCUT2D eigenvalue weighted by molar-refractivity contribution is -0.128. The monoisotopic (exact) mass is 313 g/mol. The highest BCUT2D eigenvalue weighted by Gasteiger charge is 2.29. The zero-order valence-corrected chi connectivity index (χ0v) is 13.5. The van der Waals surface area contributed by atoms with Gasteiger partial charge >= 0.3 is 0 Å². The molecule has 122 valence electrons. The molecule has 2 aromatic rings. The molecule has 2 aliphatic rings. The minimum absolute atomic E-state index is 0.227. The third-order valence-corrected chi connectivity index (χ3v) is 5.13. The average Bonchev–Trinajstić information content (AvgIpc) is 2.83.